The van der Waals surface area contributed by atoms with E-state index in [0.29, 0.717) is 6.42 Å². The van der Waals surface area contributed by atoms with Crippen LogP contribution in [0.25, 0.3) is 0 Å². The molecule has 0 radical (unpaired) electrons. The van der Waals surface area contributed by atoms with E-state index in [1.165, 1.54) is 56.5 Å². The van der Waals surface area contributed by atoms with E-state index in [0.717, 1.165) is 12.8 Å². The molecule has 1 rings (SSSR count). The Labute approximate surface area is 170 Å². The largest absolute Gasteiger partial charge is 1.00 e. The van der Waals surface area contributed by atoms with Crippen molar-refractivity contribution in [1.29, 1.82) is 0 Å². The molecule has 0 saturated carbocycles. The first-order valence-electron chi connectivity index (χ1n) is 7.20. The van der Waals surface area contributed by atoms with Crippen LogP contribution in [-0.2, 0) is 4.79 Å². The predicted molar refractivity (Wildman–Crippen MR) is 80.5 cm³/mol. The van der Waals surface area contributed by atoms with Crippen molar-refractivity contribution in [3.63, 3.8) is 0 Å². The topological polar surface area (TPSA) is 63.1 Å². The van der Waals surface area contributed by atoms with E-state index in [-0.39, 0.29) is 52.8 Å². The van der Waals surface area contributed by atoms with Crippen LogP contribution in [0.15, 0.2) is 11.6 Å². The number of nitrogens with zero attached hydrogens (tertiary/aromatic N) is 2. The Morgan fingerprint density at radius 1 is 1.10 bits per heavy atom. The summed E-state index contributed by atoms with van der Waals surface area (Å²) in [5.74, 6) is -0.659. The number of aromatic nitrogens is 2. The Hall–Kier alpha value is 0.666. The van der Waals surface area contributed by atoms with Gasteiger partial charge in [-0.25, -0.2) is 0 Å². The van der Waals surface area contributed by atoms with E-state index in [1.54, 1.807) is 6.20 Å². The zero-order chi connectivity index (χ0) is 14.2. The maximum absolute atomic E-state index is 10.2. The number of carboxylic acids is 1. The van der Waals surface area contributed by atoms with Crippen LogP contribution in [0.1, 0.15) is 72.6 Å². The fourth-order valence-corrected chi connectivity index (χ4v) is 2.00. The van der Waals surface area contributed by atoms with Gasteiger partial charge in [0, 0.05) is 11.8 Å². The number of aliphatic carboxylic acids is 1. The minimum Gasteiger partial charge on any atom is -1.00 e. The monoisotopic (exact) mass is 326 g/mol. The Morgan fingerprint density at radius 3 is 2.00 bits per heavy atom. The first-order valence-corrected chi connectivity index (χ1v) is 8.03. The summed E-state index contributed by atoms with van der Waals surface area (Å²) in [5.41, 5.74) is 0. The summed E-state index contributed by atoms with van der Waals surface area (Å²) < 4.78 is 3.51. The predicted octanol–water partition coefficient (Wildman–Crippen LogP) is 1.65. The number of unbranched alkanes of at least 4 members (excludes halogenated alkanes) is 8. The van der Waals surface area contributed by atoms with Crippen LogP contribution in [0.4, 0.5) is 0 Å². The molecule has 1 aromatic rings. The molecule has 0 fully saturated rings. The molecule has 6 heteroatoms. The maximum Gasteiger partial charge on any atom is 1.00 e. The molecule has 0 saturated heterocycles. The molecule has 0 aromatic carbocycles. The summed E-state index contributed by atoms with van der Waals surface area (Å²) in [6, 6.07) is 0. The first-order chi connectivity index (χ1) is 9.27. The number of carboxylic acid groups (broad SMARTS) is 1. The molecule has 0 aliphatic carbocycles. The van der Waals surface area contributed by atoms with Gasteiger partial charge in [-0.1, -0.05) is 62.8 Å². The number of hydrogen-bond donors (Lipinski definition) is 1. The van der Waals surface area contributed by atoms with E-state index >= 15 is 0 Å². The summed E-state index contributed by atoms with van der Waals surface area (Å²) in [7, 11) is 0. The molecule has 0 bridgehead atoms. The number of hydrogen-bond acceptors (Lipinski definition) is 4. The molecule has 112 valence electrons. The summed E-state index contributed by atoms with van der Waals surface area (Å²) in [6.07, 6.45) is 13.1. The molecule has 0 aliphatic rings. The van der Waals surface area contributed by atoms with Crippen LogP contribution in [-0.4, -0.2) is 20.7 Å². The molecule has 0 unspecified atom stereocenters. The molecular weight excluding hydrogens is 299 g/mol. The molecule has 0 amide bonds. The van der Waals surface area contributed by atoms with E-state index < -0.39 is 5.97 Å². The number of carbonyl (C=O) groups is 1. The van der Waals surface area contributed by atoms with Gasteiger partial charge in [-0.15, -0.1) is 5.10 Å². The fraction of sp³-hybridized carbons (Fsp3) is 0.786. The standard InChI is InChI=1S/C12H24O2.C2H2N2S.K.H/c1-2-3-4-5-6-7-8-9-10-11-12(13)14;1-2-5-4-3-1;;/h2-11H2,1H3,(H,13,14);1-2H;;/q;;+1;-1. The molecule has 0 spiro atoms. The van der Waals surface area contributed by atoms with Crippen molar-refractivity contribution in [3.05, 3.63) is 11.6 Å². The third-order valence-electron chi connectivity index (χ3n) is 2.78. The van der Waals surface area contributed by atoms with Crippen molar-refractivity contribution in [3.8, 4) is 0 Å². The van der Waals surface area contributed by atoms with Crippen molar-refractivity contribution in [2.75, 3.05) is 0 Å². The fourth-order valence-electron chi connectivity index (χ4n) is 1.72. The third kappa shape index (κ3) is 21.0. The second-order valence-corrected chi connectivity index (χ2v) is 5.21. The molecular formula is C14H27KN2O2S. The molecule has 1 aromatic heterocycles. The zero-order valence-corrected chi connectivity index (χ0v) is 16.8. The van der Waals surface area contributed by atoms with Gasteiger partial charge in [0.15, 0.2) is 0 Å². The molecule has 0 aliphatic heterocycles. The summed E-state index contributed by atoms with van der Waals surface area (Å²) in [4.78, 5) is 10.2. The van der Waals surface area contributed by atoms with E-state index in [2.05, 4.69) is 16.5 Å². The summed E-state index contributed by atoms with van der Waals surface area (Å²) in [5, 5.41) is 13.7. The summed E-state index contributed by atoms with van der Waals surface area (Å²) in [6.45, 7) is 2.23. The molecule has 20 heavy (non-hydrogen) atoms. The minimum absolute atomic E-state index is 0. The van der Waals surface area contributed by atoms with E-state index in [9.17, 15) is 4.79 Å². The van der Waals surface area contributed by atoms with Gasteiger partial charge in [-0.2, -0.15) is 0 Å². The van der Waals surface area contributed by atoms with E-state index in [1.807, 2.05) is 5.38 Å². The molecule has 1 N–H and O–H groups in total. The third-order valence-corrected chi connectivity index (χ3v) is 3.21. The van der Waals surface area contributed by atoms with Gasteiger partial charge in [-0.3, -0.25) is 4.79 Å². The Kier molecular flexibility index (Phi) is 22.6. The molecule has 4 nitrogen and oxygen atoms in total. The van der Waals surface area contributed by atoms with Crippen molar-refractivity contribution >= 4 is 17.5 Å². The van der Waals surface area contributed by atoms with Crippen LogP contribution in [0.3, 0.4) is 0 Å². The maximum atomic E-state index is 10.2. The molecule has 0 atom stereocenters. The van der Waals surface area contributed by atoms with Gasteiger partial charge in [0.05, 0.1) is 6.20 Å². The van der Waals surface area contributed by atoms with Gasteiger partial charge in [-0.05, 0) is 18.0 Å². The van der Waals surface area contributed by atoms with Crippen molar-refractivity contribution < 1.29 is 62.7 Å². The molecule has 1 heterocycles. The van der Waals surface area contributed by atoms with Gasteiger partial charge in [0.25, 0.3) is 0 Å². The quantitative estimate of drug-likeness (QED) is 0.524. The van der Waals surface area contributed by atoms with Gasteiger partial charge >= 0.3 is 57.4 Å². The van der Waals surface area contributed by atoms with Crippen molar-refractivity contribution in [1.82, 2.24) is 9.59 Å². The Morgan fingerprint density at radius 2 is 1.65 bits per heavy atom. The van der Waals surface area contributed by atoms with Crippen LogP contribution in [0.2, 0.25) is 0 Å². The SMILES string of the molecule is CCCCCCCCCCCC(=O)O.[H-].[K+].c1csnn1. The van der Waals surface area contributed by atoms with Gasteiger partial charge in [0.2, 0.25) is 0 Å². The zero-order valence-electron chi connectivity index (χ0n) is 13.9. The van der Waals surface area contributed by atoms with Gasteiger partial charge < -0.3 is 6.53 Å². The van der Waals surface area contributed by atoms with Crippen LogP contribution in [0, 0.1) is 0 Å². The normalized spacial score (nSPS) is 9.25. The number of rotatable bonds is 10. The first kappa shape index (κ1) is 22.9. The Bertz CT molecular complexity index is 273. The van der Waals surface area contributed by atoms with Crippen molar-refractivity contribution in [2.24, 2.45) is 0 Å². The average Bonchev–Trinajstić information content (AvgIpc) is 2.95. The van der Waals surface area contributed by atoms with Crippen molar-refractivity contribution in [2.45, 2.75) is 71.1 Å². The van der Waals surface area contributed by atoms with Gasteiger partial charge in [0.1, 0.15) is 0 Å². The minimum atomic E-state index is -0.659. The average molecular weight is 327 g/mol. The van der Waals surface area contributed by atoms with E-state index in [4.69, 9.17) is 5.11 Å². The second-order valence-electron chi connectivity index (χ2n) is 4.56. The summed E-state index contributed by atoms with van der Waals surface area (Å²) >= 11 is 1.35. The second kappa shape index (κ2) is 19.7. The smallest absolute Gasteiger partial charge is 1.00 e. The van der Waals surface area contributed by atoms with Crippen LogP contribution < -0.4 is 51.4 Å². The van der Waals surface area contributed by atoms with Crippen LogP contribution in [0.5, 0.6) is 0 Å². The Balaban J connectivity index is -0.000000391. The van der Waals surface area contributed by atoms with Crippen LogP contribution >= 0.6 is 11.5 Å².